The Morgan fingerprint density at radius 3 is 2.70 bits per heavy atom. The topological polar surface area (TPSA) is 114 Å². The second-order valence-electron chi connectivity index (χ2n) is 7.19. The highest BCUT2D eigenvalue weighted by atomic mass is 16.5. The van der Waals surface area contributed by atoms with Gasteiger partial charge in [-0.3, -0.25) is 4.79 Å². The largest absolute Gasteiger partial charge is 0.422 e. The first-order valence-corrected chi connectivity index (χ1v) is 8.96. The van der Waals surface area contributed by atoms with Crippen LogP contribution in [0.3, 0.4) is 0 Å². The Labute approximate surface area is 154 Å². The van der Waals surface area contributed by atoms with E-state index in [1.54, 1.807) is 13.0 Å². The highest BCUT2D eigenvalue weighted by Crippen LogP contribution is 2.63. The minimum absolute atomic E-state index is 0.0845. The van der Waals surface area contributed by atoms with Gasteiger partial charge in [-0.05, 0) is 25.2 Å². The van der Waals surface area contributed by atoms with Crippen molar-refractivity contribution in [1.29, 1.82) is 0 Å². The van der Waals surface area contributed by atoms with Crippen molar-refractivity contribution in [3.8, 4) is 11.3 Å². The van der Waals surface area contributed by atoms with E-state index in [9.17, 15) is 9.90 Å². The molecule has 2 N–H and O–H groups in total. The van der Waals surface area contributed by atoms with Gasteiger partial charge in [0.25, 0.3) is 5.91 Å². The molecule has 138 valence electrons. The van der Waals surface area contributed by atoms with Gasteiger partial charge >= 0.3 is 0 Å². The van der Waals surface area contributed by atoms with Gasteiger partial charge in [-0.1, -0.05) is 35.5 Å². The molecule has 8 heteroatoms. The lowest BCUT2D eigenvalue weighted by Crippen LogP contribution is -2.68. The van der Waals surface area contributed by atoms with Crippen molar-refractivity contribution in [2.24, 2.45) is 11.8 Å². The molecule has 2 unspecified atom stereocenters. The second-order valence-corrected chi connectivity index (χ2v) is 7.19. The summed E-state index contributed by atoms with van der Waals surface area (Å²) in [6.45, 7) is 1.59. The molecule has 6 rings (SSSR count). The van der Waals surface area contributed by atoms with Gasteiger partial charge in [0.05, 0.1) is 0 Å². The minimum Gasteiger partial charge on any atom is -0.422 e. The van der Waals surface area contributed by atoms with E-state index in [1.807, 2.05) is 30.3 Å². The van der Waals surface area contributed by atoms with Gasteiger partial charge in [0.15, 0.2) is 11.5 Å². The van der Waals surface area contributed by atoms with Crippen molar-refractivity contribution in [2.45, 2.75) is 31.4 Å². The summed E-state index contributed by atoms with van der Waals surface area (Å²) in [6.07, 6.45) is 0.250. The standard InChI is InChI=1S/C19H18N4O4/c1-9(24)18-21-22-19(26-18)15-11-7-12(15)16(11)20-17(25)13-8-14(27-23-13)10-5-3-2-4-6-10/h2-6,8-9,11-12,15-16,24H,7H2,1H3,(H,20,25)/t9-,11?,12?,15-,16-/m1/s1. The molecule has 3 saturated carbocycles. The quantitative estimate of drug-likeness (QED) is 0.712. The van der Waals surface area contributed by atoms with Gasteiger partial charge in [-0.2, -0.15) is 0 Å². The Hall–Kier alpha value is -3.00. The average molecular weight is 366 g/mol. The van der Waals surface area contributed by atoms with Gasteiger partial charge in [-0.15, -0.1) is 10.2 Å². The molecule has 0 saturated heterocycles. The zero-order valence-electron chi connectivity index (χ0n) is 14.6. The number of rotatable bonds is 5. The van der Waals surface area contributed by atoms with Crippen molar-refractivity contribution >= 4 is 5.91 Å². The zero-order valence-corrected chi connectivity index (χ0v) is 14.6. The van der Waals surface area contributed by atoms with Crippen LogP contribution in [0.15, 0.2) is 45.3 Å². The molecule has 2 heterocycles. The summed E-state index contributed by atoms with van der Waals surface area (Å²) >= 11 is 0. The molecule has 2 bridgehead atoms. The summed E-state index contributed by atoms with van der Waals surface area (Å²) in [5.74, 6) is 1.82. The smallest absolute Gasteiger partial charge is 0.273 e. The molecule has 3 aliphatic carbocycles. The number of aliphatic hydroxyl groups is 1. The van der Waals surface area contributed by atoms with Crippen LogP contribution in [0.4, 0.5) is 0 Å². The lowest BCUT2D eigenvalue weighted by Gasteiger charge is -2.62. The Morgan fingerprint density at radius 1 is 1.26 bits per heavy atom. The van der Waals surface area contributed by atoms with Gasteiger partial charge in [0, 0.05) is 23.6 Å². The summed E-state index contributed by atoms with van der Waals surface area (Å²) in [5, 5.41) is 24.3. The molecule has 3 atom stereocenters. The number of nitrogens with one attached hydrogen (secondary N) is 1. The van der Waals surface area contributed by atoms with Crippen LogP contribution in [0.2, 0.25) is 0 Å². The normalized spacial score (nSPS) is 26.7. The third-order valence-electron chi connectivity index (χ3n) is 5.59. The van der Waals surface area contributed by atoms with E-state index in [4.69, 9.17) is 8.94 Å². The maximum atomic E-state index is 12.5. The molecule has 3 fully saturated rings. The van der Waals surface area contributed by atoms with Crippen molar-refractivity contribution in [3.63, 3.8) is 0 Å². The predicted molar refractivity (Wildman–Crippen MR) is 92.5 cm³/mol. The van der Waals surface area contributed by atoms with Crippen LogP contribution >= 0.6 is 0 Å². The van der Waals surface area contributed by atoms with Crippen molar-refractivity contribution < 1.29 is 18.8 Å². The molecule has 3 aliphatic rings. The molecular weight excluding hydrogens is 348 g/mol. The summed E-state index contributed by atoms with van der Waals surface area (Å²) in [6, 6.07) is 11.3. The maximum absolute atomic E-state index is 12.5. The maximum Gasteiger partial charge on any atom is 0.273 e. The van der Waals surface area contributed by atoms with Crippen LogP contribution in [-0.4, -0.2) is 32.4 Å². The van der Waals surface area contributed by atoms with Crippen LogP contribution in [0.5, 0.6) is 0 Å². The minimum atomic E-state index is -0.774. The number of amides is 1. The summed E-state index contributed by atoms with van der Waals surface area (Å²) in [5.41, 5.74) is 1.15. The van der Waals surface area contributed by atoms with Crippen molar-refractivity contribution in [3.05, 3.63) is 53.9 Å². The molecule has 0 radical (unpaired) electrons. The summed E-state index contributed by atoms with van der Waals surface area (Å²) in [4.78, 5) is 12.5. The fourth-order valence-corrected chi connectivity index (χ4v) is 3.92. The van der Waals surface area contributed by atoms with E-state index < -0.39 is 6.10 Å². The number of aromatic nitrogens is 3. The van der Waals surface area contributed by atoms with Gasteiger partial charge in [0.2, 0.25) is 11.8 Å². The first kappa shape index (κ1) is 16.2. The number of carbonyl (C=O) groups excluding carboxylic acids is 1. The Kier molecular flexibility index (Phi) is 3.61. The lowest BCUT2D eigenvalue weighted by atomic mass is 9.44. The molecule has 8 nitrogen and oxygen atoms in total. The molecule has 1 amide bonds. The van der Waals surface area contributed by atoms with Gasteiger partial charge in [-0.25, -0.2) is 0 Å². The third kappa shape index (κ3) is 2.56. The first-order valence-electron chi connectivity index (χ1n) is 8.96. The fraction of sp³-hybridized carbons (Fsp3) is 0.368. The number of carbonyl (C=O) groups is 1. The molecule has 27 heavy (non-hydrogen) atoms. The lowest BCUT2D eigenvalue weighted by molar-refractivity contribution is -0.0843. The van der Waals surface area contributed by atoms with Crippen molar-refractivity contribution in [2.75, 3.05) is 0 Å². The number of benzene rings is 1. The number of hydrogen-bond donors (Lipinski definition) is 2. The monoisotopic (exact) mass is 366 g/mol. The van der Waals surface area contributed by atoms with E-state index >= 15 is 0 Å². The SMILES string of the molecule is C[C@@H](O)c1nnc([C@H]2C3CC2[C@H]3NC(=O)c2cc(-c3ccccc3)on2)o1. The van der Waals surface area contributed by atoms with E-state index in [0.717, 1.165) is 12.0 Å². The van der Waals surface area contributed by atoms with Crippen LogP contribution in [0, 0.1) is 11.8 Å². The van der Waals surface area contributed by atoms with Gasteiger partial charge < -0.3 is 19.4 Å². The molecule has 0 aliphatic heterocycles. The second kappa shape index (κ2) is 6.02. The molecular formula is C19H18N4O4. The van der Waals surface area contributed by atoms with E-state index in [1.165, 1.54) is 0 Å². The summed E-state index contributed by atoms with van der Waals surface area (Å²) in [7, 11) is 0. The highest BCUT2D eigenvalue weighted by molar-refractivity contribution is 5.93. The van der Waals surface area contributed by atoms with E-state index in [2.05, 4.69) is 20.7 Å². The Morgan fingerprint density at radius 2 is 2.04 bits per heavy atom. The molecule has 2 aromatic heterocycles. The van der Waals surface area contributed by atoms with E-state index in [0.29, 0.717) is 11.7 Å². The number of hydrogen-bond acceptors (Lipinski definition) is 7. The molecule has 1 aromatic carbocycles. The van der Waals surface area contributed by atoms with Crippen LogP contribution in [0.25, 0.3) is 11.3 Å². The van der Waals surface area contributed by atoms with E-state index in [-0.39, 0.29) is 41.3 Å². The Bertz CT molecular complexity index is 971. The number of nitrogens with zero attached hydrogens (tertiary/aromatic N) is 3. The van der Waals surface area contributed by atoms with Crippen LogP contribution < -0.4 is 5.32 Å². The fourth-order valence-electron chi connectivity index (χ4n) is 3.92. The van der Waals surface area contributed by atoms with Crippen molar-refractivity contribution in [1.82, 2.24) is 20.7 Å². The van der Waals surface area contributed by atoms with Gasteiger partial charge in [0.1, 0.15) is 6.10 Å². The number of aliphatic hydroxyl groups excluding tert-OH is 1. The third-order valence-corrected chi connectivity index (χ3v) is 5.59. The zero-order chi connectivity index (χ0) is 18.5. The highest BCUT2D eigenvalue weighted by Gasteiger charge is 2.64. The average Bonchev–Trinajstić information content (AvgIpc) is 3.28. The predicted octanol–water partition coefficient (Wildman–Crippen LogP) is 2.31. The Balaban J connectivity index is 1.23. The first-order chi connectivity index (χ1) is 13.1. The molecule has 0 spiro atoms. The van der Waals surface area contributed by atoms with Crippen LogP contribution in [-0.2, 0) is 0 Å². The molecule has 3 aromatic rings. The van der Waals surface area contributed by atoms with Crippen LogP contribution in [0.1, 0.15) is 47.6 Å². The summed E-state index contributed by atoms with van der Waals surface area (Å²) < 4.78 is 10.8.